The Hall–Kier alpha value is -4.31. The van der Waals surface area contributed by atoms with Gasteiger partial charge in [0.2, 0.25) is 0 Å². The van der Waals surface area contributed by atoms with Crippen LogP contribution in [0.25, 0.3) is 27.7 Å². The van der Waals surface area contributed by atoms with Crippen molar-refractivity contribution < 1.29 is 17.9 Å². The highest BCUT2D eigenvalue weighted by molar-refractivity contribution is 8.14. The van der Waals surface area contributed by atoms with Crippen LogP contribution in [0, 0.1) is 0 Å². The third-order valence-electron chi connectivity index (χ3n) is 7.61. The maximum atomic E-state index is 12.5. The summed E-state index contributed by atoms with van der Waals surface area (Å²) in [6, 6.07) is 22.4. The number of ether oxygens (including phenoxy) is 1. The normalized spacial score (nSPS) is 16.0. The molecular formula is C33H30F3N5OS. The van der Waals surface area contributed by atoms with Crippen LogP contribution in [0.4, 0.5) is 18.9 Å². The highest BCUT2D eigenvalue weighted by atomic mass is 32.2. The third-order valence-corrected chi connectivity index (χ3v) is 8.66. The molecule has 0 bridgehead atoms. The molecule has 6 nitrogen and oxygen atoms in total. The van der Waals surface area contributed by atoms with Crippen molar-refractivity contribution in [1.29, 1.82) is 0 Å². The largest absolute Gasteiger partial charge is 0.573 e. The number of imidazole rings is 1. The van der Waals surface area contributed by atoms with E-state index >= 15 is 0 Å². The number of rotatable bonds is 7. The average Bonchev–Trinajstić information content (AvgIpc) is 3.45. The molecular weight excluding hydrogens is 571 g/mol. The van der Waals surface area contributed by atoms with Gasteiger partial charge in [-0.05, 0) is 83.8 Å². The molecule has 0 spiro atoms. The molecule has 1 unspecified atom stereocenters. The van der Waals surface area contributed by atoms with Gasteiger partial charge in [0.1, 0.15) is 11.4 Å². The molecule has 3 aromatic carbocycles. The highest BCUT2D eigenvalue weighted by Gasteiger charge is 2.31. The van der Waals surface area contributed by atoms with Gasteiger partial charge in [0, 0.05) is 35.1 Å². The molecule has 3 heterocycles. The van der Waals surface area contributed by atoms with Crippen molar-refractivity contribution in [3.8, 4) is 17.0 Å². The average molecular weight is 602 g/mol. The molecule has 1 saturated heterocycles. The number of benzene rings is 3. The molecule has 6 rings (SSSR count). The second-order valence-corrected chi connectivity index (χ2v) is 11.5. The van der Waals surface area contributed by atoms with Crippen LogP contribution in [0.5, 0.6) is 5.75 Å². The van der Waals surface area contributed by atoms with Crippen molar-refractivity contribution in [2.75, 3.05) is 17.2 Å². The first-order valence-corrected chi connectivity index (χ1v) is 15.2. The zero-order chi connectivity index (χ0) is 30.0. The zero-order valence-electron chi connectivity index (χ0n) is 23.8. The Morgan fingerprint density at radius 3 is 2.67 bits per heavy atom. The molecule has 220 valence electrons. The molecule has 1 aliphatic rings. The van der Waals surface area contributed by atoms with E-state index in [9.17, 15) is 13.2 Å². The van der Waals surface area contributed by atoms with Gasteiger partial charge in [-0.3, -0.25) is 4.40 Å². The molecule has 1 fully saturated rings. The van der Waals surface area contributed by atoms with Crippen LogP contribution in [0.2, 0.25) is 0 Å². The quantitative estimate of drug-likeness (QED) is 0.138. The van der Waals surface area contributed by atoms with Crippen molar-refractivity contribution in [1.82, 2.24) is 9.38 Å². The third kappa shape index (κ3) is 6.24. The summed E-state index contributed by atoms with van der Waals surface area (Å²) in [5, 5.41) is 12.0. The number of para-hydroxylation sites is 1. The minimum atomic E-state index is -4.73. The number of thioether (sulfide) groups is 1. The molecule has 1 aliphatic heterocycles. The summed E-state index contributed by atoms with van der Waals surface area (Å²) < 4.78 is 43.5. The first kappa shape index (κ1) is 28.8. The molecule has 43 heavy (non-hydrogen) atoms. The van der Waals surface area contributed by atoms with Crippen LogP contribution in [0.3, 0.4) is 0 Å². The summed E-state index contributed by atoms with van der Waals surface area (Å²) in [5.41, 5.74) is 5.70. The predicted octanol–water partition coefficient (Wildman–Crippen LogP) is 8.90. The standard InChI is InChI=1S/C33H30F3N5OS/c1-3-22(2)27-7-4-5-8-29(27)41-16-6-18-43-32(41)39-38-20-23-9-14-28-25(19-23)15-17-40-30(21-37-31(28)40)24-10-12-26(13-11-24)42-33(34,35)36/h4-5,7-15,17,19-22H,3,6,16,18H2,1-2H3. The number of hydrogen-bond acceptors (Lipinski definition) is 5. The number of alkyl halides is 3. The first-order chi connectivity index (χ1) is 20.8. The number of fused-ring (bicyclic) bond motifs is 3. The lowest BCUT2D eigenvalue weighted by Gasteiger charge is -2.31. The van der Waals surface area contributed by atoms with Gasteiger partial charge in [0.25, 0.3) is 0 Å². The Morgan fingerprint density at radius 2 is 1.88 bits per heavy atom. The smallest absolute Gasteiger partial charge is 0.406 e. The molecule has 0 saturated carbocycles. The molecule has 5 aromatic rings. The molecule has 2 aromatic heterocycles. The van der Waals surface area contributed by atoms with Gasteiger partial charge in [0.05, 0.1) is 18.1 Å². The predicted molar refractivity (Wildman–Crippen MR) is 169 cm³/mol. The van der Waals surface area contributed by atoms with Gasteiger partial charge < -0.3 is 9.64 Å². The van der Waals surface area contributed by atoms with Gasteiger partial charge >= 0.3 is 6.36 Å². The number of aromatic nitrogens is 2. The molecule has 0 radical (unpaired) electrons. The van der Waals surface area contributed by atoms with Crippen LogP contribution in [0.1, 0.15) is 43.7 Å². The maximum absolute atomic E-state index is 12.5. The fourth-order valence-corrected chi connectivity index (χ4v) is 6.20. The van der Waals surface area contributed by atoms with Crippen molar-refractivity contribution in [3.05, 3.63) is 96.3 Å². The Morgan fingerprint density at radius 1 is 1.07 bits per heavy atom. The van der Waals surface area contributed by atoms with E-state index in [0.29, 0.717) is 5.92 Å². The van der Waals surface area contributed by atoms with E-state index in [1.165, 1.54) is 23.4 Å². The van der Waals surface area contributed by atoms with Gasteiger partial charge in [-0.15, -0.1) is 18.3 Å². The minimum absolute atomic E-state index is 0.263. The van der Waals surface area contributed by atoms with E-state index in [1.54, 1.807) is 36.3 Å². The SMILES string of the molecule is CCC(C)c1ccccc1N1CCCSC1=NN=Cc1ccc2c(ccn3c(-c4ccc(OC(F)(F)F)cc4)cnc23)c1. The van der Waals surface area contributed by atoms with Crippen molar-refractivity contribution in [2.45, 2.75) is 39.0 Å². The molecule has 0 amide bonds. The Bertz CT molecular complexity index is 1810. The monoisotopic (exact) mass is 601 g/mol. The number of pyridine rings is 1. The van der Waals surface area contributed by atoms with Crippen LogP contribution in [-0.2, 0) is 0 Å². The molecule has 10 heteroatoms. The van der Waals surface area contributed by atoms with Crippen LogP contribution in [0.15, 0.2) is 95.4 Å². The van der Waals surface area contributed by atoms with E-state index in [2.05, 4.69) is 62.9 Å². The summed E-state index contributed by atoms with van der Waals surface area (Å²) >= 11 is 1.73. The summed E-state index contributed by atoms with van der Waals surface area (Å²) in [7, 11) is 0. The fraction of sp³-hybridized carbons (Fsp3) is 0.242. The maximum Gasteiger partial charge on any atom is 0.573 e. The Kier molecular flexibility index (Phi) is 8.12. The Labute approximate surface area is 251 Å². The number of hydrogen-bond donors (Lipinski definition) is 0. The lowest BCUT2D eigenvalue weighted by Crippen LogP contribution is -2.34. The number of nitrogens with zero attached hydrogens (tertiary/aromatic N) is 5. The molecule has 1 atom stereocenters. The van der Waals surface area contributed by atoms with Gasteiger partial charge in [-0.1, -0.05) is 49.9 Å². The van der Waals surface area contributed by atoms with Gasteiger partial charge in [-0.25, -0.2) is 4.98 Å². The summed E-state index contributed by atoms with van der Waals surface area (Å²) in [4.78, 5) is 6.90. The molecule has 0 aliphatic carbocycles. The van der Waals surface area contributed by atoms with E-state index in [0.717, 1.165) is 63.5 Å². The molecule has 0 N–H and O–H groups in total. The van der Waals surface area contributed by atoms with Crippen LogP contribution in [-0.4, -0.2) is 39.4 Å². The zero-order valence-corrected chi connectivity index (χ0v) is 24.6. The van der Waals surface area contributed by atoms with E-state index in [1.807, 2.05) is 34.9 Å². The van der Waals surface area contributed by atoms with Crippen molar-refractivity contribution >= 4 is 45.3 Å². The summed E-state index contributed by atoms with van der Waals surface area (Å²) in [6.45, 7) is 5.39. The van der Waals surface area contributed by atoms with E-state index in [-0.39, 0.29) is 5.75 Å². The minimum Gasteiger partial charge on any atom is -0.406 e. The number of anilines is 1. The second-order valence-electron chi connectivity index (χ2n) is 10.4. The van der Waals surface area contributed by atoms with Crippen molar-refractivity contribution in [3.63, 3.8) is 0 Å². The summed E-state index contributed by atoms with van der Waals surface area (Å²) in [6.07, 6.45) is 2.83. The van der Waals surface area contributed by atoms with E-state index < -0.39 is 6.36 Å². The fourth-order valence-electron chi connectivity index (χ4n) is 5.29. The van der Waals surface area contributed by atoms with E-state index in [4.69, 9.17) is 0 Å². The first-order valence-electron chi connectivity index (χ1n) is 14.2. The summed E-state index contributed by atoms with van der Waals surface area (Å²) in [5.74, 6) is 1.21. The second kappa shape index (κ2) is 12.1. The lowest BCUT2D eigenvalue weighted by atomic mass is 9.96. The highest BCUT2D eigenvalue weighted by Crippen LogP contribution is 2.34. The number of halogens is 3. The van der Waals surface area contributed by atoms with Crippen LogP contribution >= 0.6 is 11.8 Å². The Balaban J connectivity index is 1.24. The van der Waals surface area contributed by atoms with Gasteiger partial charge in [0.15, 0.2) is 5.17 Å². The number of amidine groups is 1. The lowest BCUT2D eigenvalue weighted by molar-refractivity contribution is -0.274. The van der Waals surface area contributed by atoms with Crippen LogP contribution < -0.4 is 9.64 Å². The van der Waals surface area contributed by atoms with Gasteiger partial charge in [-0.2, -0.15) is 5.10 Å². The van der Waals surface area contributed by atoms with Crippen molar-refractivity contribution in [2.24, 2.45) is 10.2 Å². The topological polar surface area (TPSA) is 54.5 Å².